The van der Waals surface area contributed by atoms with Crippen molar-refractivity contribution in [3.63, 3.8) is 0 Å². The van der Waals surface area contributed by atoms with Crippen molar-refractivity contribution in [1.82, 2.24) is 19.4 Å². The summed E-state index contributed by atoms with van der Waals surface area (Å²) in [6, 6.07) is 15.2. The minimum Gasteiger partial charge on any atom is -0.348 e. The second-order valence-electron chi connectivity index (χ2n) is 9.14. The van der Waals surface area contributed by atoms with Gasteiger partial charge in [-0.2, -0.15) is 4.31 Å². The van der Waals surface area contributed by atoms with Crippen molar-refractivity contribution >= 4 is 15.9 Å². The number of rotatable bonds is 8. The van der Waals surface area contributed by atoms with Gasteiger partial charge in [0, 0.05) is 44.8 Å². The SMILES string of the molecule is CN1CCN(S(=O)(=O)Cc2ccc(C(=O)NCc3cccc(CN4CCCC4)c3)cc2)CC1. The molecule has 1 N–H and O–H groups in total. The van der Waals surface area contributed by atoms with Gasteiger partial charge in [-0.15, -0.1) is 0 Å². The summed E-state index contributed by atoms with van der Waals surface area (Å²) in [6.45, 7) is 6.30. The molecule has 0 atom stereocenters. The maximum absolute atomic E-state index is 12.7. The average molecular weight is 471 g/mol. The molecule has 2 aliphatic heterocycles. The van der Waals surface area contributed by atoms with E-state index in [1.54, 1.807) is 28.6 Å². The number of likely N-dealkylation sites (tertiary alicyclic amines) is 1. The Kier molecular flexibility index (Phi) is 7.80. The van der Waals surface area contributed by atoms with E-state index in [1.165, 1.54) is 18.4 Å². The van der Waals surface area contributed by atoms with Crippen LogP contribution in [-0.2, 0) is 28.9 Å². The quantitative estimate of drug-likeness (QED) is 0.641. The lowest BCUT2D eigenvalue weighted by Crippen LogP contribution is -2.47. The zero-order valence-electron chi connectivity index (χ0n) is 19.4. The van der Waals surface area contributed by atoms with E-state index in [-0.39, 0.29) is 11.7 Å². The fourth-order valence-electron chi connectivity index (χ4n) is 4.44. The first-order chi connectivity index (χ1) is 15.9. The summed E-state index contributed by atoms with van der Waals surface area (Å²) >= 11 is 0. The standard InChI is InChI=1S/C25H34N4O3S/c1-27-13-15-29(16-14-27)33(31,32)20-21-7-9-24(10-8-21)25(30)26-18-22-5-4-6-23(17-22)19-28-11-2-3-12-28/h4-10,17H,2-3,11-16,18-20H2,1H3,(H,26,30). The molecular formula is C25H34N4O3S. The molecule has 0 saturated carbocycles. The molecule has 2 saturated heterocycles. The molecule has 2 aromatic carbocycles. The molecule has 2 fully saturated rings. The lowest BCUT2D eigenvalue weighted by Gasteiger charge is -2.31. The first kappa shape index (κ1) is 23.9. The van der Waals surface area contributed by atoms with Crippen molar-refractivity contribution in [2.24, 2.45) is 0 Å². The maximum Gasteiger partial charge on any atom is 0.251 e. The number of carbonyl (C=O) groups is 1. The van der Waals surface area contributed by atoms with Gasteiger partial charge in [0.15, 0.2) is 0 Å². The summed E-state index contributed by atoms with van der Waals surface area (Å²) in [5.41, 5.74) is 3.58. The monoisotopic (exact) mass is 470 g/mol. The summed E-state index contributed by atoms with van der Waals surface area (Å²) < 4.78 is 27.0. The maximum atomic E-state index is 12.7. The molecule has 0 aliphatic carbocycles. The highest BCUT2D eigenvalue weighted by molar-refractivity contribution is 7.88. The Hall–Kier alpha value is -2.26. The fourth-order valence-corrected chi connectivity index (χ4v) is 5.96. The molecule has 7 nitrogen and oxygen atoms in total. The van der Waals surface area contributed by atoms with Gasteiger partial charge in [0.25, 0.3) is 5.91 Å². The largest absolute Gasteiger partial charge is 0.348 e. The fraction of sp³-hybridized carbons (Fsp3) is 0.480. The van der Waals surface area contributed by atoms with Gasteiger partial charge in [0.2, 0.25) is 10.0 Å². The molecule has 2 aliphatic rings. The summed E-state index contributed by atoms with van der Waals surface area (Å²) in [7, 11) is -1.35. The molecular weight excluding hydrogens is 436 g/mol. The number of nitrogens with one attached hydrogen (secondary N) is 1. The molecule has 0 spiro atoms. The van der Waals surface area contributed by atoms with Gasteiger partial charge in [-0.25, -0.2) is 8.42 Å². The van der Waals surface area contributed by atoms with Gasteiger partial charge in [0.05, 0.1) is 5.75 Å². The molecule has 1 amide bonds. The summed E-state index contributed by atoms with van der Waals surface area (Å²) in [5, 5.41) is 2.98. The van der Waals surface area contributed by atoms with Crippen molar-refractivity contribution in [3.05, 3.63) is 70.8 Å². The van der Waals surface area contributed by atoms with Crippen LogP contribution in [0.1, 0.15) is 39.9 Å². The van der Waals surface area contributed by atoms with Crippen LogP contribution in [0.4, 0.5) is 0 Å². The average Bonchev–Trinajstić information content (AvgIpc) is 3.31. The molecule has 0 radical (unpaired) electrons. The highest BCUT2D eigenvalue weighted by Crippen LogP contribution is 2.16. The van der Waals surface area contributed by atoms with Crippen LogP contribution in [0.15, 0.2) is 48.5 Å². The van der Waals surface area contributed by atoms with E-state index in [2.05, 4.69) is 27.2 Å². The van der Waals surface area contributed by atoms with Crippen molar-refractivity contribution < 1.29 is 13.2 Å². The Morgan fingerprint density at radius 2 is 1.55 bits per heavy atom. The van der Waals surface area contributed by atoms with Crippen LogP contribution in [0.2, 0.25) is 0 Å². The molecule has 2 aromatic rings. The van der Waals surface area contributed by atoms with Crippen molar-refractivity contribution in [1.29, 1.82) is 0 Å². The molecule has 33 heavy (non-hydrogen) atoms. The van der Waals surface area contributed by atoms with E-state index in [4.69, 9.17) is 0 Å². The highest BCUT2D eigenvalue weighted by Gasteiger charge is 2.25. The number of nitrogens with zero attached hydrogens (tertiary/aromatic N) is 3. The zero-order valence-corrected chi connectivity index (χ0v) is 20.2. The lowest BCUT2D eigenvalue weighted by molar-refractivity contribution is 0.0951. The minimum atomic E-state index is -3.35. The Labute approximate surface area is 197 Å². The van der Waals surface area contributed by atoms with Gasteiger partial charge < -0.3 is 10.2 Å². The first-order valence-electron chi connectivity index (χ1n) is 11.7. The summed E-state index contributed by atoms with van der Waals surface area (Å²) in [6.07, 6.45) is 2.55. The Morgan fingerprint density at radius 3 is 2.24 bits per heavy atom. The van der Waals surface area contributed by atoms with Gasteiger partial charge in [0.1, 0.15) is 0 Å². The van der Waals surface area contributed by atoms with E-state index in [0.29, 0.717) is 30.8 Å². The van der Waals surface area contributed by atoms with Gasteiger partial charge in [-0.3, -0.25) is 9.69 Å². The summed E-state index contributed by atoms with van der Waals surface area (Å²) in [5.74, 6) is -0.198. The van der Waals surface area contributed by atoms with E-state index in [1.807, 2.05) is 19.2 Å². The number of carbonyl (C=O) groups excluding carboxylic acids is 1. The number of hydrogen-bond donors (Lipinski definition) is 1. The summed E-state index contributed by atoms with van der Waals surface area (Å²) in [4.78, 5) is 17.2. The van der Waals surface area contributed by atoms with E-state index in [0.717, 1.165) is 38.3 Å². The molecule has 2 heterocycles. The van der Waals surface area contributed by atoms with E-state index in [9.17, 15) is 13.2 Å². The van der Waals surface area contributed by atoms with Crippen LogP contribution in [0.3, 0.4) is 0 Å². The van der Waals surface area contributed by atoms with E-state index >= 15 is 0 Å². The second kappa shape index (κ2) is 10.8. The molecule has 4 rings (SSSR count). The number of sulfonamides is 1. The topological polar surface area (TPSA) is 73.0 Å². The van der Waals surface area contributed by atoms with Crippen molar-refractivity contribution in [3.8, 4) is 0 Å². The predicted octanol–water partition coefficient (Wildman–Crippen LogP) is 2.29. The van der Waals surface area contributed by atoms with Crippen LogP contribution in [-0.4, -0.2) is 74.7 Å². The van der Waals surface area contributed by atoms with Crippen molar-refractivity contribution in [2.45, 2.75) is 31.7 Å². The van der Waals surface area contributed by atoms with Crippen LogP contribution in [0.5, 0.6) is 0 Å². The Bertz CT molecular complexity index is 1040. The van der Waals surface area contributed by atoms with Gasteiger partial charge >= 0.3 is 0 Å². The smallest absolute Gasteiger partial charge is 0.251 e. The predicted molar refractivity (Wildman–Crippen MR) is 130 cm³/mol. The Morgan fingerprint density at radius 1 is 0.879 bits per heavy atom. The molecule has 0 unspecified atom stereocenters. The van der Waals surface area contributed by atoms with E-state index < -0.39 is 10.0 Å². The first-order valence-corrected chi connectivity index (χ1v) is 13.3. The van der Waals surface area contributed by atoms with Crippen LogP contribution in [0, 0.1) is 0 Å². The van der Waals surface area contributed by atoms with Crippen LogP contribution >= 0.6 is 0 Å². The normalized spacial score (nSPS) is 18.5. The molecule has 0 aromatic heterocycles. The third kappa shape index (κ3) is 6.63. The van der Waals surface area contributed by atoms with Crippen LogP contribution in [0.25, 0.3) is 0 Å². The molecule has 8 heteroatoms. The van der Waals surface area contributed by atoms with Crippen molar-refractivity contribution in [2.75, 3.05) is 46.3 Å². The third-order valence-electron chi connectivity index (χ3n) is 6.47. The number of benzene rings is 2. The second-order valence-corrected chi connectivity index (χ2v) is 11.1. The van der Waals surface area contributed by atoms with Gasteiger partial charge in [-0.1, -0.05) is 36.4 Å². The highest BCUT2D eigenvalue weighted by atomic mass is 32.2. The van der Waals surface area contributed by atoms with Gasteiger partial charge in [-0.05, 0) is 61.8 Å². The number of likely N-dealkylation sites (N-methyl/N-ethyl adjacent to an activating group) is 1. The lowest BCUT2D eigenvalue weighted by atomic mass is 10.1. The third-order valence-corrected chi connectivity index (χ3v) is 8.32. The zero-order chi connectivity index (χ0) is 23.3. The Balaban J connectivity index is 1.29. The number of piperazine rings is 1. The molecule has 0 bridgehead atoms. The minimum absolute atomic E-state index is 0.0393. The molecule has 178 valence electrons. The number of hydrogen-bond acceptors (Lipinski definition) is 5. The number of amides is 1. The van der Waals surface area contributed by atoms with Crippen LogP contribution < -0.4 is 5.32 Å².